The van der Waals surface area contributed by atoms with Crippen molar-refractivity contribution in [1.82, 2.24) is 4.90 Å². The Morgan fingerprint density at radius 3 is 2.78 bits per heavy atom. The second-order valence-electron chi connectivity index (χ2n) is 8.56. The number of nitriles is 1. The molecular formula is C24H26N4O3S. The van der Waals surface area contributed by atoms with Crippen molar-refractivity contribution in [1.29, 1.82) is 5.26 Å². The predicted octanol–water partition coefficient (Wildman–Crippen LogP) is 3.33. The van der Waals surface area contributed by atoms with Gasteiger partial charge in [0, 0.05) is 18.0 Å². The number of carbonyl (C=O) groups excluding carboxylic acids is 2. The smallest absolute Gasteiger partial charge is 0.265 e. The van der Waals surface area contributed by atoms with Crippen molar-refractivity contribution in [3.05, 3.63) is 40.3 Å². The fourth-order valence-corrected chi connectivity index (χ4v) is 6.11. The van der Waals surface area contributed by atoms with E-state index in [0.717, 1.165) is 62.9 Å². The summed E-state index contributed by atoms with van der Waals surface area (Å²) < 4.78 is 6.05. The first-order valence-electron chi connectivity index (χ1n) is 11.3. The summed E-state index contributed by atoms with van der Waals surface area (Å²) in [5.74, 6) is 0.420. The third-order valence-corrected chi connectivity index (χ3v) is 7.63. The summed E-state index contributed by atoms with van der Waals surface area (Å²) >= 11 is 1.51. The standard InChI is InChI=1S/C24H26N4O3S/c25-13-17-16-7-6-10-21(16)32-23(17)26-22(29)15-28-14-20(24(30)27-11-4-1-5-12-27)31-19-9-3-2-8-18(19)28/h2-3,8-9,20H,1,4-7,10-12,14-15H2,(H,26,29). The van der Waals surface area contributed by atoms with Crippen LogP contribution >= 0.6 is 11.3 Å². The molecule has 1 saturated heterocycles. The maximum Gasteiger partial charge on any atom is 0.265 e. The molecule has 1 aliphatic carbocycles. The van der Waals surface area contributed by atoms with Gasteiger partial charge in [-0.05, 0) is 56.2 Å². The quantitative estimate of drug-likeness (QED) is 0.772. The molecule has 3 heterocycles. The molecule has 0 bridgehead atoms. The van der Waals surface area contributed by atoms with E-state index >= 15 is 0 Å². The average Bonchev–Trinajstić information content (AvgIpc) is 3.39. The number of amides is 2. The minimum atomic E-state index is -0.629. The van der Waals surface area contributed by atoms with Gasteiger partial charge in [0.2, 0.25) is 5.91 Å². The van der Waals surface area contributed by atoms with Crippen LogP contribution in [0.25, 0.3) is 0 Å². The van der Waals surface area contributed by atoms with Crippen LogP contribution in [0.1, 0.15) is 41.7 Å². The summed E-state index contributed by atoms with van der Waals surface area (Å²) in [5, 5.41) is 13.2. The molecule has 32 heavy (non-hydrogen) atoms. The molecule has 166 valence electrons. The molecule has 1 N–H and O–H groups in total. The normalized spacial score (nSPS) is 19.5. The van der Waals surface area contributed by atoms with Gasteiger partial charge in [-0.2, -0.15) is 5.26 Å². The van der Waals surface area contributed by atoms with E-state index in [1.165, 1.54) is 16.2 Å². The molecule has 0 radical (unpaired) electrons. The zero-order chi connectivity index (χ0) is 22.1. The summed E-state index contributed by atoms with van der Waals surface area (Å²) in [6, 6.07) is 9.79. The number of piperidine rings is 1. The Morgan fingerprint density at radius 2 is 1.97 bits per heavy atom. The van der Waals surface area contributed by atoms with Crippen LogP contribution in [-0.2, 0) is 22.4 Å². The Balaban J connectivity index is 1.32. The Hall–Kier alpha value is -3.05. The first-order chi connectivity index (χ1) is 15.6. The zero-order valence-electron chi connectivity index (χ0n) is 17.9. The van der Waals surface area contributed by atoms with E-state index in [2.05, 4.69) is 11.4 Å². The van der Waals surface area contributed by atoms with Gasteiger partial charge >= 0.3 is 0 Å². The maximum atomic E-state index is 13.1. The van der Waals surface area contributed by atoms with E-state index in [-0.39, 0.29) is 18.4 Å². The highest BCUT2D eigenvalue weighted by Crippen LogP contribution is 2.39. The lowest BCUT2D eigenvalue weighted by atomic mass is 10.1. The van der Waals surface area contributed by atoms with Gasteiger partial charge in [0.15, 0.2) is 6.10 Å². The number of nitrogens with one attached hydrogen (secondary N) is 1. The minimum absolute atomic E-state index is 0.00828. The highest BCUT2D eigenvalue weighted by molar-refractivity contribution is 7.16. The summed E-state index contributed by atoms with van der Waals surface area (Å²) in [4.78, 5) is 31.1. The number of carbonyl (C=O) groups is 2. The minimum Gasteiger partial charge on any atom is -0.477 e. The molecule has 2 aromatic rings. The second kappa shape index (κ2) is 8.83. The molecule has 2 aliphatic heterocycles. The molecule has 8 heteroatoms. The fraction of sp³-hybridized carbons (Fsp3) is 0.458. The lowest BCUT2D eigenvalue weighted by Gasteiger charge is -2.38. The Bertz CT molecular complexity index is 1080. The zero-order valence-corrected chi connectivity index (χ0v) is 18.7. The molecular weight excluding hydrogens is 424 g/mol. The summed E-state index contributed by atoms with van der Waals surface area (Å²) in [6.07, 6.45) is 5.52. The SMILES string of the molecule is N#Cc1c(NC(=O)CN2CC(C(=O)N3CCCCC3)Oc3ccccc32)sc2c1CCC2. The summed E-state index contributed by atoms with van der Waals surface area (Å²) in [7, 11) is 0. The lowest BCUT2D eigenvalue weighted by molar-refractivity contribution is -0.139. The topological polar surface area (TPSA) is 85.7 Å². The molecule has 1 unspecified atom stereocenters. The highest BCUT2D eigenvalue weighted by Gasteiger charge is 2.34. The van der Waals surface area contributed by atoms with Gasteiger partial charge in [-0.3, -0.25) is 9.59 Å². The molecule has 1 aromatic carbocycles. The second-order valence-corrected chi connectivity index (χ2v) is 9.67. The molecule has 3 aliphatic rings. The van der Waals surface area contributed by atoms with Crippen LogP contribution < -0.4 is 15.0 Å². The van der Waals surface area contributed by atoms with E-state index in [1.54, 1.807) is 0 Å². The lowest BCUT2D eigenvalue weighted by Crippen LogP contribution is -2.52. The van der Waals surface area contributed by atoms with Gasteiger partial charge in [-0.15, -0.1) is 11.3 Å². The van der Waals surface area contributed by atoms with Gasteiger partial charge in [0.05, 0.1) is 24.3 Å². The third-order valence-electron chi connectivity index (χ3n) is 6.43. The molecule has 5 rings (SSSR count). The number of hydrogen-bond acceptors (Lipinski definition) is 6. The molecule has 7 nitrogen and oxygen atoms in total. The van der Waals surface area contributed by atoms with Crippen LogP contribution in [0.2, 0.25) is 0 Å². The number of aryl methyl sites for hydroxylation is 1. The van der Waals surface area contributed by atoms with Crippen molar-refractivity contribution >= 4 is 33.8 Å². The number of rotatable bonds is 4. The first kappa shape index (κ1) is 20.8. The number of likely N-dealkylation sites (tertiary alicyclic amines) is 1. The molecule has 2 amide bonds. The van der Waals surface area contributed by atoms with Crippen molar-refractivity contribution in [2.45, 2.75) is 44.6 Å². The number of ether oxygens (including phenoxy) is 1. The Morgan fingerprint density at radius 1 is 1.16 bits per heavy atom. The number of thiophene rings is 1. The van der Waals surface area contributed by atoms with E-state index in [1.807, 2.05) is 34.1 Å². The van der Waals surface area contributed by atoms with Gasteiger partial charge < -0.3 is 19.9 Å². The van der Waals surface area contributed by atoms with Gasteiger partial charge in [-0.1, -0.05) is 12.1 Å². The molecule has 0 spiro atoms. The Labute approximate surface area is 191 Å². The number of benzene rings is 1. The number of para-hydroxylation sites is 2. The van der Waals surface area contributed by atoms with Crippen molar-refractivity contribution in [2.75, 3.05) is 36.4 Å². The number of hydrogen-bond donors (Lipinski definition) is 1. The molecule has 1 aromatic heterocycles. The highest BCUT2D eigenvalue weighted by atomic mass is 32.1. The summed E-state index contributed by atoms with van der Waals surface area (Å²) in [6.45, 7) is 1.95. The van der Waals surface area contributed by atoms with Crippen LogP contribution in [-0.4, -0.2) is 49.0 Å². The van der Waals surface area contributed by atoms with E-state index in [9.17, 15) is 14.9 Å². The average molecular weight is 451 g/mol. The van der Waals surface area contributed by atoms with E-state index < -0.39 is 6.10 Å². The third kappa shape index (κ3) is 3.93. The van der Waals surface area contributed by atoms with Crippen LogP contribution in [0, 0.1) is 11.3 Å². The molecule has 1 atom stereocenters. The van der Waals surface area contributed by atoms with E-state index in [4.69, 9.17) is 4.74 Å². The number of nitrogens with zero attached hydrogens (tertiary/aromatic N) is 3. The molecule has 1 fully saturated rings. The van der Waals surface area contributed by atoms with E-state index in [0.29, 0.717) is 22.9 Å². The van der Waals surface area contributed by atoms with Crippen LogP contribution in [0.3, 0.4) is 0 Å². The Kier molecular flexibility index (Phi) is 5.75. The molecule has 0 saturated carbocycles. The van der Waals surface area contributed by atoms with Crippen LogP contribution in [0.15, 0.2) is 24.3 Å². The van der Waals surface area contributed by atoms with Gasteiger partial charge in [0.1, 0.15) is 16.8 Å². The van der Waals surface area contributed by atoms with Gasteiger partial charge in [0.25, 0.3) is 5.91 Å². The largest absolute Gasteiger partial charge is 0.477 e. The predicted molar refractivity (Wildman–Crippen MR) is 123 cm³/mol. The number of anilines is 2. The van der Waals surface area contributed by atoms with Crippen LogP contribution in [0.5, 0.6) is 5.75 Å². The monoisotopic (exact) mass is 450 g/mol. The van der Waals surface area contributed by atoms with Crippen molar-refractivity contribution in [3.63, 3.8) is 0 Å². The van der Waals surface area contributed by atoms with Gasteiger partial charge in [-0.25, -0.2) is 0 Å². The first-order valence-corrected chi connectivity index (χ1v) is 12.1. The van der Waals surface area contributed by atoms with Crippen molar-refractivity contribution in [2.24, 2.45) is 0 Å². The number of fused-ring (bicyclic) bond motifs is 2. The van der Waals surface area contributed by atoms with Crippen molar-refractivity contribution < 1.29 is 14.3 Å². The fourth-order valence-electron chi connectivity index (χ4n) is 4.85. The van der Waals surface area contributed by atoms with Crippen LogP contribution in [0.4, 0.5) is 10.7 Å². The van der Waals surface area contributed by atoms with Crippen molar-refractivity contribution in [3.8, 4) is 11.8 Å². The summed E-state index contributed by atoms with van der Waals surface area (Å²) in [5.41, 5.74) is 2.51. The maximum absolute atomic E-state index is 13.1.